The van der Waals surface area contributed by atoms with Gasteiger partial charge in [-0.05, 0) is 43.7 Å². The molecule has 0 atom stereocenters. The topological polar surface area (TPSA) is 75.5 Å². The Morgan fingerprint density at radius 1 is 0.969 bits per heavy atom. The molecule has 0 N–H and O–H groups in total. The molecule has 0 unspecified atom stereocenters. The van der Waals surface area contributed by atoms with Crippen molar-refractivity contribution in [3.05, 3.63) is 75.5 Å². The average molecular weight is 493 g/mol. The Kier molecular flexibility index (Phi) is 6.31. The van der Waals surface area contributed by atoms with E-state index >= 15 is 0 Å². The van der Waals surface area contributed by atoms with Gasteiger partial charge in [-0.1, -0.05) is 41.4 Å². The Labute approximate surface area is 197 Å². The second-order valence-electron chi connectivity index (χ2n) is 7.64. The highest BCUT2D eigenvalue weighted by Gasteiger charge is 2.33. The molecule has 0 saturated carbocycles. The molecule has 7 nitrogen and oxygen atoms in total. The summed E-state index contributed by atoms with van der Waals surface area (Å²) in [5, 5.41) is 4.55. The molecule has 2 heterocycles. The molecule has 0 radical (unpaired) electrons. The van der Waals surface area contributed by atoms with Gasteiger partial charge in [0.25, 0.3) is 5.91 Å². The molecule has 1 saturated heterocycles. The van der Waals surface area contributed by atoms with E-state index < -0.39 is 10.0 Å². The van der Waals surface area contributed by atoms with Gasteiger partial charge in [-0.25, -0.2) is 13.1 Å². The van der Waals surface area contributed by atoms with Gasteiger partial charge in [0.05, 0.1) is 33.2 Å². The molecule has 0 spiro atoms. The minimum Gasteiger partial charge on any atom is -0.336 e. The van der Waals surface area contributed by atoms with Gasteiger partial charge in [-0.3, -0.25) is 4.79 Å². The van der Waals surface area contributed by atoms with Crippen molar-refractivity contribution in [2.75, 3.05) is 26.2 Å². The second kappa shape index (κ2) is 8.86. The van der Waals surface area contributed by atoms with Gasteiger partial charge in [-0.15, -0.1) is 0 Å². The van der Waals surface area contributed by atoms with E-state index in [2.05, 4.69) is 5.10 Å². The first-order chi connectivity index (χ1) is 15.2. The SMILES string of the molecule is Cc1cccc(-n2ncc(C(=O)N3CCN(S(=O)(=O)c4c(Cl)cccc4Cl)CC3)c2C)c1. The number of aromatic nitrogens is 2. The van der Waals surface area contributed by atoms with E-state index in [9.17, 15) is 13.2 Å². The summed E-state index contributed by atoms with van der Waals surface area (Å²) in [5.41, 5.74) is 3.21. The van der Waals surface area contributed by atoms with E-state index in [1.54, 1.807) is 21.8 Å². The third kappa shape index (κ3) is 4.15. The van der Waals surface area contributed by atoms with Crippen LogP contribution in [0.25, 0.3) is 5.69 Å². The molecular formula is C22H22Cl2N4O3S. The Morgan fingerprint density at radius 3 is 2.22 bits per heavy atom. The Morgan fingerprint density at radius 2 is 1.59 bits per heavy atom. The van der Waals surface area contributed by atoms with E-state index in [1.807, 2.05) is 38.1 Å². The van der Waals surface area contributed by atoms with Crippen LogP contribution in [0.1, 0.15) is 21.6 Å². The monoisotopic (exact) mass is 492 g/mol. The molecule has 4 rings (SSSR count). The van der Waals surface area contributed by atoms with E-state index in [0.717, 1.165) is 16.9 Å². The molecule has 1 amide bonds. The smallest absolute Gasteiger partial charge is 0.257 e. The van der Waals surface area contributed by atoms with Gasteiger partial charge in [0, 0.05) is 26.2 Å². The zero-order chi connectivity index (χ0) is 23.0. The first-order valence-corrected chi connectivity index (χ1v) is 12.2. The van der Waals surface area contributed by atoms with Crippen molar-refractivity contribution in [2.45, 2.75) is 18.7 Å². The quantitative estimate of drug-likeness (QED) is 0.552. The van der Waals surface area contributed by atoms with E-state index in [1.165, 1.54) is 16.4 Å². The molecular weight excluding hydrogens is 471 g/mol. The van der Waals surface area contributed by atoms with Crippen molar-refractivity contribution >= 4 is 39.1 Å². The van der Waals surface area contributed by atoms with Crippen molar-refractivity contribution in [1.82, 2.24) is 19.0 Å². The number of nitrogens with zero attached hydrogens (tertiary/aromatic N) is 4. The number of hydrogen-bond acceptors (Lipinski definition) is 4. The molecule has 0 aliphatic carbocycles. The lowest BCUT2D eigenvalue weighted by molar-refractivity contribution is 0.0697. The molecule has 1 aliphatic heterocycles. The number of piperazine rings is 1. The zero-order valence-corrected chi connectivity index (χ0v) is 20.0. The molecule has 3 aromatic rings. The Hall–Kier alpha value is -2.39. The number of sulfonamides is 1. The van der Waals surface area contributed by atoms with Crippen LogP contribution < -0.4 is 0 Å². The minimum absolute atomic E-state index is 0.0789. The normalized spacial score (nSPS) is 15.2. The highest BCUT2D eigenvalue weighted by molar-refractivity contribution is 7.89. The van der Waals surface area contributed by atoms with Crippen LogP contribution in [-0.2, 0) is 10.0 Å². The van der Waals surface area contributed by atoms with Crippen molar-refractivity contribution in [3.63, 3.8) is 0 Å². The Balaban J connectivity index is 1.50. The number of rotatable bonds is 4. The molecule has 1 aliphatic rings. The van der Waals surface area contributed by atoms with Crippen molar-refractivity contribution < 1.29 is 13.2 Å². The third-order valence-corrected chi connectivity index (χ3v) is 8.38. The summed E-state index contributed by atoms with van der Waals surface area (Å²) in [4.78, 5) is 14.7. The van der Waals surface area contributed by atoms with Crippen LogP contribution in [-0.4, -0.2) is 59.5 Å². The van der Waals surface area contributed by atoms with Crippen molar-refractivity contribution in [1.29, 1.82) is 0 Å². The van der Waals surface area contributed by atoms with Crippen LogP contribution in [0.15, 0.2) is 53.6 Å². The van der Waals surface area contributed by atoms with Gasteiger partial charge >= 0.3 is 0 Å². The summed E-state index contributed by atoms with van der Waals surface area (Å²) >= 11 is 12.2. The lowest BCUT2D eigenvalue weighted by Gasteiger charge is -2.34. The van der Waals surface area contributed by atoms with E-state index in [0.29, 0.717) is 5.56 Å². The first kappa shape index (κ1) is 22.8. The van der Waals surface area contributed by atoms with Gasteiger partial charge in [0.1, 0.15) is 4.90 Å². The molecule has 168 valence electrons. The summed E-state index contributed by atoms with van der Waals surface area (Å²) in [6.07, 6.45) is 1.56. The van der Waals surface area contributed by atoms with Crippen LogP contribution in [0, 0.1) is 13.8 Å². The molecule has 32 heavy (non-hydrogen) atoms. The number of benzene rings is 2. The number of hydrogen-bond donors (Lipinski definition) is 0. The fraction of sp³-hybridized carbons (Fsp3) is 0.273. The maximum absolute atomic E-state index is 13.1. The fourth-order valence-electron chi connectivity index (χ4n) is 3.80. The predicted octanol–water partition coefficient (Wildman–Crippen LogP) is 3.94. The van der Waals surface area contributed by atoms with Crippen LogP contribution in [0.4, 0.5) is 0 Å². The van der Waals surface area contributed by atoms with Crippen molar-refractivity contribution in [2.24, 2.45) is 0 Å². The van der Waals surface area contributed by atoms with Gasteiger partial charge in [0.2, 0.25) is 10.0 Å². The highest BCUT2D eigenvalue weighted by atomic mass is 35.5. The summed E-state index contributed by atoms with van der Waals surface area (Å²) in [5.74, 6) is -0.172. The predicted molar refractivity (Wildman–Crippen MR) is 124 cm³/mol. The summed E-state index contributed by atoms with van der Waals surface area (Å²) in [6.45, 7) is 4.67. The summed E-state index contributed by atoms with van der Waals surface area (Å²) in [6, 6.07) is 12.5. The van der Waals surface area contributed by atoms with Crippen molar-refractivity contribution in [3.8, 4) is 5.69 Å². The fourth-order valence-corrected chi connectivity index (χ4v) is 6.31. The average Bonchev–Trinajstić information content (AvgIpc) is 3.14. The van der Waals surface area contributed by atoms with E-state index in [4.69, 9.17) is 23.2 Å². The lowest BCUT2D eigenvalue weighted by atomic mass is 10.2. The largest absolute Gasteiger partial charge is 0.336 e. The summed E-state index contributed by atoms with van der Waals surface area (Å²) in [7, 11) is -3.87. The van der Waals surface area contributed by atoms with Crippen LogP contribution in [0.3, 0.4) is 0 Å². The first-order valence-electron chi connectivity index (χ1n) is 10.1. The Bertz CT molecular complexity index is 1260. The molecule has 1 aromatic heterocycles. The highest BCUT2D eigenvalue weighted by Crippen LogP contribution is 2.32. The zero-order valence-electron chi connectivity index (χ0n) is 17.6. The number of carbonyl (C=O) groups is 1. The van der Waals surface area contributed by atoms with Crippen LogP contribution in [0.2, 0.25) is 10.0 Å². The van der Waals surface area contributed by atoms with Gasteiger partial charge in [0.15, 0.2) is 0 Å². The molecule has 0 bridgehead atoms. The van der Waals surface area contributed by atoms with Gasteiger partial charge < -0.3 is 4.90 Å². The molecule has 1 fully saturated rings. The summed E-state index contributed by atoms with van der Waals surface area (Å²) < 4.78 is 29.2. The molecule has 10 heteroatoms. The van der Waals surface area contributed by atoms with E-state index in [-0.39, 0.29) is 47.0 Å². The number of carbonyl (C=O) groups excluding carboxylic acids is 1. The standard InChI is InChI=1S/C22H22Cl2N4O3S/c1-15-5-3-6-17(13-15)28-16(2)18(14-25-28)22(29)26-9-11-27(12-10-26)32(30,31)21-19(23)7-4-8-20(21)24/h3-8,13-14H,9-12H2,1-2H3. The third-order valence-electron chi connectivity index (χ3n) is 5.53. The van der Waals surface area contributed by atoms with Crippen LogP contribution in [0.5, 0.6) is 0 Å². The molecule has 2 aromatic carbocycles. The second-order valence-corrected chi connectivity index (χ2v) is 10.3. The maximum Gasteiger partial charge on any atom is 0.257 e. The maximum atomic E-state index is 13.1. The number of aryl methyl sites for hydroxylation is 1. The number of amides is 1. The van der Waals surface area contributed by atoms with Gasteiger partial charge in [-0.2, -0.15) is 9.40 Å². The number of halogens is 2. The lowest BCUT2D eigenvalue weighted by Crippen LogP contribution is -2.50. The van der Waals surface area contributed by atoms with Crippen LogP contribution >= 0.6 is 23.2 Å². The minimum atomic E-state index is -3.87.